The molecule has 3 aromatic rings. The second kappa shape index (κ2) is 6.45. The Bertz CT molecular complexity index is 775. The van der Waals surface area contributed by atoms with Gasteiger partial charge in [-0.25, -0.2) is 9.97 Å². The van der Waals surface area contributed by atoms with Crippen LogP contribution in [0.1, 0.15) is 0 Å². The van der Waals surface area contributed by atoms with Gasteiger partial charge in [0, 0.05) is 16.7 Å². The maximum Gasteiger partial charge on any atom is 0.142 e. The first-order valence-corrected chi connectivity index (χ1v) is 7.12. The van der Waals surface area contributed by atoms with Crippen LogP contribution in [0.25, 0.3) is 11.3 Å². The Labute approximate surface area is 133 Å². The van der Waals surface area contributed by atoms with Gasteiger partial charge in [0.15, 0.2) is 0 Å². The molecule has 1 heterocycles. The predicted octanol–water partition coefficient (Wildman–Crippen LogP) is 4.55. The van der Waals surface area contributed by atoms with Crippen molar-refractivity contribution < 1.29 is 4.74 Å². The topological polar surface area (TPSA) is 47.0 Å². The number of ether oxygens (including phenoxy) is 1. The van der Waals surface area contributed by atoms with Gasteiger partial charge in [-0.05, 0) is 24.3 Å². The molecule has 2 aromatic carbocycles. The zero-order chi connectivity index (χ0) is 15.4. The molecule has 22 heavy (non-hydrogen) atoms. The number of nitrogens with zero attached hydrogens (tertiary/aromatic N) is 2. The molecule has 0 bridgehead atoms. The molecule has 0 radical (unpaired) electrons. The molecule has 0 atom stereocenters. The Balaban J connectivity index is 1.89. The van der Waals surface area contributed by atoms with Gasteiger partial charge in [0.25, 0.3) is 0 Å². The zero-order valence-electron chi connectivity index (χ0n) is 12.0. The fourth-order valence-corrected chi connectivity index (χ4v) is 2.22. The second-order valence-corrected chi connectivity index (χ2v) is 5.06. The van der Waals surface area contributed by atoms with Crippen molar-refractivity contribution in [2.45, 2.75) is 0 Å². The van der Waals surface area contributed by atoms with E-state index in [9.17, 15) is 0 Å². The molecular formula is C17H14ClN3O. The number of aromatic nitrogens is 2. The highest BCUT2D eigenvalue weighted by Gasteiger charge is 2.05. The van der Waals surface area contributed by atoms with Crippen molar-refractivity contribution in [2.24, 2.45) is 0 Å². The van der Waals surface area contributed by atoms with Gasteiger partial charge >= 0.3 is 0 Å². The minimum absolute atomic E-state index is 0.699. The molecule has 0 spiro atoms. The van der Waals surface area contributed by atoms with E-state index in [-0.39, 0.29) is 0 Å². The zero-order valence-corrected chi connectivity index (χ0v) is 12.7. The Hall–Kier alpha value is -2.59. The normalized spacial score (nSPS) is 10.3. The third-order valence-corrected chi connectivity index (χ3v) is 3.43. The lowest BCUT2D eigenvalue weighted by atomic mass is 10.1. The SMILES string of the molecule is COc1ccccc1Nc1cc(-c2ccc(Cl)cc2)ncn1. The first-order chi connectivity index (χ1) is 10.8. The molecule has 0 fully saturated rings. The van der Waals surface area contributed by atoms with E-state index in [0.717, 1.165) is 22.7 Å². The molecule has 3 rings (SSSR count). The Morgan fingerprint density at radius 3 is 2.55 bits per heavy atom. The van der Waals surface area contributed by atoms with Crippen LogP contribution in [0.15, 0.2) is 60.9 Å². The Morgan fingerprint density at radius 1 is 1.00 bits per heavy atom. The first-order valence-electron chi connectivity index (χ1n) is 6.74. The summed E-state index contributed by atoms with van der Waals surface area (Å²) in [6, 6.07) is 17.1. The van der Waals surface area contributed by atoms with Crippen molar-refractivity contribution >= 4 is 23.1 Å². The minimum atomic E-state index is 0.699. The standard InChI is InChI=1S/C17H14ClN3O/c1-22-16-5-3-2-4-14(16)21-17-10-15(19-11-20-17)12-6-8-13(18)9-7-12/h2-11H,1H3,(H,19,20,21). The highest BCUT2D eigenvalue weighted by atomic mass is 35.5. The quantitative estimate of drug-likeness (QED) is 0.768. The number of methoxy groups -OCH3 is 1. The number of anilines is 2. The molecule has 0 amide bonds. The van der Waals surface area contributed by atoms with Crippen LogP contribution in [0.2, 0.25) is 5.02 Å². The van der Waals surface area contributed by atoms with Crippen molar-refractivity contribution in [3.05, 3.63) is 65.9 Å². The lowest BCUT2D eigenvalue weighted by molar-refractivity contribution is 0.417. The lowest BCUT2D eigenvalue weighted by Gasteiger charge is -2.10. The fourth-order valence-electron chi connectivity index (χ4n) is 2.09. The summed E-state index contributed by atoms with van der Waals surface area (Å²) in [6.07, 6.45) is 1.53. The molecule has 0 saturated carbocycles. The largest absolute Gasteiger partial charge is 0.495 e. The third-order valence-electron chi connectivity index (χ3n) is 3.18. The molecule has 0 aliphatic heterocycles. The number of halogens is 1. The van der Waals surface area contributed by atoms with Crippen molar-refractivity contribution in [3.63, 3.8) is 0 Å². The van der Waals surface area contributed by atoms with Crippen LogP contribution in [0, 0.1) is 0 Å². The van der Waals surface area contributed by atoms with Crippen LogP contribution in [-0.4, -0.2) is 17.1 Å². The molecule has 0 unspecified atom stereocenters. The van der Waals surface area contributed by atoms with Crippen molar-refractivity contribution in [3.8, 4) is 17.0 Å². The molecule has 110 valence electrons. The van der Waals surface area contributed by atoms with Gasteiger partial charge < -0.3 is 10.1 Å². The predicted molar refractivity (Wildman–Crippen MR) is 88.8 cm³/mol. The van der Waals surface area contributed by atoms with E-state index in [1.54, 1.807) is 7.11 Å². The van der Waals surface area contributed by atoms with Crippen LogP contribution in [0.5, 0.6) is 5.75 Å². The van der Waals surface area contributed by atoms with Crippen LogP contribution in [0.4, 0.5) is 11.5 Å². The highest BCUT2D eigenvalue weighted by molar-refractivity contribution is 6.30. The first kappa shape index (κ1) is 14.4. The van der Waals surface area contributed by atoms with Gasteiger partial charge in [0.2, 0.25) is 0 Å². The number of hydrogen-bond donors (Lipinski definition) is 1. The van der Waals surface area contributed by atoms with Crippen LogP contribution in [-0.2, 0) is 0 Å². The van der Waals surface area contributed by atoms with Crippen LogP contribution >= 0.6 is 11.6 Å². The number of benzene rings is 2. The second-order valence-electron chi connectivity index (χ2n) is 4.62. The van der Waals surface area contributed by atoms with E-state index < -0.39 is 0 Å². The molecule has 0 aliphatic rings. The van der Waals surface area contributed by atoms with Gasteiger partial charge in [0.05, 0.1) is 18.5 Å². The van der Waals surface area contributed by atoms with Crippen LogP contribution in [0.3, 0.4) is 0 Å². The Kier molecular flexibility index (Phi) is 4.21. The van der Waals surface area contributed by atoms with E-state index in [2.05, 4.69) is 15.3 Å². The highest BCUT2D eigenvalue weighted by Crippen LogP contribution is 2.27. The van der Waals surface area contributed by atoms with Gasteiger partial charge in [-0.1, -0.05) is 35.9 Å². The maximum absolute atomic E-state index is 5.91. The number of hydrogen-bond acceptors (Lipinski definition) is 4. The van der Waals surface area contributed by atoms with Crippen molar-refractivity contribution in [1.29, 1.82) is 0 Å². The van der Waals surface area contributed by atoms with Crippen molar-refractivity contribution in [1.82, 2.24) is 9.97 Å². The number of rotatable bonds is 4. The van der Waals surface area contributed by atoms with E-state index in [0.29, 0.717) is 10.8 Å². The minimum Gasteiger partial charge on any atom is -0.495 e. The summed E-state index contributed by atoms with van der Waals surface area (Å²) in [5, 5.41) is 3.94. The average Bonchev–Trinajstić information content (AvgIpc) is 2.56. The van der Waals surface area contributed by atoms with Crippen molar-refractivity contribution in [2.75, 3.05) is 12.4 Å². The van der Waals surface area contributed by atoms with E-state index >= 15 is 0 Å². The fraction of sp³-hybridized carbons (Fsp3) is 0.0588. The molecular weight excluding hydrogens is 298 g/mol. The Morgan fingerprint density at radius 2 is 1.77 bits per heavy atom. The van der Waals surface area contributed by atoms with Gasteiger partial charge in [-0.2, -0.15) is 0 Å². The van der Waals surface area contributed by atoms with Gasteiger partial charge in [-0.3, -0.25) is 0 Å². The average molecular weight is 312 g/mol. The third kappa shape index (κ3) is 3.18. The van der Waals surface area contributed by atoms with Gasteiger partial charge in [0.1, 0.15) is 17.9 Å². The molecule has 1 N–H and O–H groups in total. The molecule has 0 aliphatic carbocycles. The van der Waals surface area contributed by atoms with Crippen LogP contribution < -0.4 is 10.1 Å². The maximum atomic E-state index is 5.91. The molecule has 4 nitrogen and oxygen atoms in total. The summed E-state index contributed by atoms with van der Waals surface area (Å²) in [6.45, 7) is 0. The molecule has 0 saturated heterocycles. The smallest absolute Gasteiger partial charge is 0.142 e. The monoisotopic (exact) mass is 311 g/mol. The summed E-state index contributed by atoms with van der Waals surface area (Å²) in [5.74, 6) is 1.46. The summed E-state index contributed by atoms with van der Waals surface area (Å²) < 4.78 is 5.33. The lowest BCUT2D eigenvalue weighted by Crippen LogP contribution is -1.97. The number of nitrogens with one attached hydrogen (secondary N) is 1. The van der Waals surface area contributed by atoms with E-state index in [1.807, 2.05) is 54.6 Å². The summed E-state index contributed by atoms with van der Waals surface area (Å²) in [7, 11) is 1.64. The van der Waals surface area contributed by atoms with E-state index in [1.165, 1.54) is 6.33 Å². The van der Waals surface area contributed by atoms with Gasteiger partial charge in [-0.15, -0.1) is 0 Å². The summed E-state index contributed by atoms with van der Waals surface area (Å²) in [4.78, 5) is 8.55. The summed E-state index contributed by atoms with van der Waals surface area (Å²) in [5.41, 5.74) is 2.66. The molecule has 1 aromatic heterocycles. The summed E-state index contributed by atoms with van der Waals surface area (Å²) >= 11 is 5.91. The number of para-hydroxylation sites is 2. The van der Waals surface area contributed by atoms with E-state index in [4.69, 9.17) is 16.3 Å². The molecule has 5 heteroatoms.